The van der Waals surface area contributed by atoms with Crippen LogP contribution in [-0.2, 0) is 6.54 Å². The molecule has 226 valence electrons. The van der Waals surface area contributed by atoms with E-state index in [0.717, 1.165) is 51.8 Å². The van der Waals surface area contributed by atoms with Crippen LogP contribution in [0.3, 0.4) is 0 Å². The number of aryl methyl sites for hydroxylation is 1. The molecule has 6 aromatic carbocycles. The Bertz CT molecular complexity index is 2130. The lowest BCUT2D eigenvalue weighted by Gasteiger charge is -2.26. The molecule has 0 saturated carbocycles. The van der Waals surface area contributed by atoms with Crippen molar-refractivity contribution in [3.05, 3.63) is 157 Å². The van der Waals surface area contributed by atoms with Crippen molar-refractivity contribution in [3.63, 3.8) is 0 Å². The molecular weight excluding hydrogens is 571 g/mol. The molecule has 0 atom stereocenters. The molecule has 0 fully saturated rings. The van der Waals surface area contributed by atoms with Crippen LogP contribution >= 0.6 is 0 Å². The summed E-state index contributed by atoms with van der Waals surface area (Å²) < 4.78 is 2.41. The van der Waals surface area contributed by atoms with Crippen LogP contribution in [0.15, 0.2) is 146 Å². The summed E-state index contributed by atoms with van der Waals surface area (Å²) in [5.41, 5.74) is 11.0. The molecule has 0 N–H and O–H groups in total. The predicted molar refractivity (Wildman–Crippen MR) is 200 cm³/mol. The highest BCUT2D eigenvalue weighted by Gasteiger charge is 2.19. The van der Waals surface area contributed by atoms with E-state index in [9.17, 15) is 0 Å². The summed E-state index contributed by atoms with van der Waals surface area (Å²) in [4.78, 5) is 4.64. The average Bonchev–Trinajstić information content (AvgIpc) is 3.43. The van der Waals surface area contributed by atoms with Gasteiger partial charge in [0.05, 0.1) is 0 Å². The van der Waals surface area contributed by atoms with Gasteiger partial charge in [-0.1, -0.05) is 48.2 Å². The SMILES string of the molecule is CC#Cc1ccc(N(c2ccccc2)c2ccc3c(c2)c2cc(N(c4ccccc4)c4ccc(C#CC)cc4)ccc2n3CC)cc1. The zero-order chi connectivity index (χ0) is 32.2. The maximum absolute atomic E-state index is 3.17. The standard InChI is InChI=1S/C44H35N3/c1-4-13-33-19-23-37(24-20-33)46(35-15-9-7-10-16-35)39-27-29-43-41(31-39)42-32-40(28-30-44(42)45(43)6-3)47(36-17-11-8-12-18-36)38-25-21-34(14-5-2)22-26-38/h7-12,15-32H,6H2,1-3H3. The molecule has 0 aliphatic heterocycles. The van der Waals surface area contributed by atoms with Crippen LogP contribution in [0.25, 0.3) is 21.8 Å². The fraction of sp³-hybridized carbons (Fsp3) is 0.0909. The van der Waals surface area contributed by atoms with Gasteiger partial charge < -0.3 is 14.4 Å². The number of para-hydroxylation sites is 2. The molecule has 7 aromatic rings. The largest absolute Gasteiger partial charge is 0.341 e. The molecule has 0 aliphatic rings. The molecule has 3 heteroatoms. The number of rotatable bonds is 7. The third-order valence-corrected chi connectivity index (χ3v) is 8.48. The van der Waals surface area contributed by atoms with Gasteiger partial charge >= 0.3 is 0 Å². The summed E-state index contributed by atoms with van der Waals surface area (Å²) in [7, 11) is 0. The Morgan fingerprint density at radius 3 is 1.17 bits per heavy atom. The number of anilines is 6. The zero-order valence-corrected chi connectivity index (χ0v) is 26.9. The molecule has 0 amide bonds. The van der Waals surface area contributed by atoms with E-state index in [1.807, 2.05) is 13.8 Å². The lowest BCUT2D eigenvalue weighted by atomic mass is 10.1. The Kier molecular flexibility index (Phi) is 8.21. The van der Waals surface area contributed by atoms with E-state index in [0.29, 0.717) is 0 Å². The zero-order valence-electron chi connectivity index (χ0n) is 26.9. The summed E-state index contributed by atoms with van der Waals surface area (Å²) in [6.45, 7) is 6.84. The number of aromatic nitrogens is 1. The summed E-state index contributed by atoms with van der Waals surface area (Å²) in [6, 6.07) is 51.8. The molecule has 0 radical (unpaired) electrons. The summed E-state index contributed by atoms with van der Waals surface area (Å²) in [6.07, 6.45) is 0. The highest BCUT2D eigenvalue weighted by molar-refractivity contribution is 6.11. The number of nitrogens with zero attached hydrogens (tertiary/aromatic N) is 3. The highest BCUT2D eigenvalue weighted by Crippen LogP contribution is 2.41. The topological polar surface area (TPSA) is 11.4 Å². The second-order valence-electron chi connectivity index (χ2n) is 11.3. The molecule has 0 unspecified atom stereocenters. The van der Waals surface area contributed by atoms with Crippen LogP contribution in [0.1, 0.15) is 31.9 Å². The van der Waals surface area contributed by atoms with Crippen LogP contribution in [0.5, 0.6) is 0 Å². The molecule has 0 aliphatic carbocycles. The third-order valence-electron chi connectivity index (χ3n) is 8.48. The van der Waals surface area contributed by atoms with Crippen molar-refractivity contribution in [3.8, 4) is 23.7 Å². The Labute approximate surface area is 277 Å². The number of hydrogen-bond acceptors (Lipinski definition) is 2. The van der Waals surface area contributed by atoms with Gasteiger partial charge in [0.2, 0.25) is 0 Å². The Hall–Kier alpha value is -6.16. The van der Waals surface area contributed by atoms with E-state index < -0.39 is 0 Å². The lowest BCUT2D eigenvalue weighted by Crippen LogP contribution is -2.10. The predicted octanol–water partition coefficient (Wildman–Crippen LogP) is 11.5. The molecule has 1 heterocycles. The highest BCUT2D eigenvalue weighted by atomic mass is 15.1. The van der Waals surface area contributed by atoms with Crippen LogP contribution in [0, 0.1) is 23.7 Å². The van der Waals surface area contributed by atoms with Gasteiger partial charge in [0, 0.05) is 73.6 Å². The van der Waals surface area contributed by atoms with Gasteiger partial charge in [0.15, 0.2) is 0 Å². The van der Waals surface area contributed by atoms with E-state index in [-0.39, 0.29) is 0 Å². The Balaban J connectivity index is 1.41. The molecule has 1 aromatic heterocycles. The van der Waals surface area contributed by atoms with Crippen LogP contribution in [0.4, 0.5) is 34.1 Å². The van der Waals surface area contributed by atoms with Crippen LogP contribution in [-0.4, -0.2) is 4.57 Å². The van der Waals surface area contributed by atoms with Gasteiger partial charge in [0.25, 0.3) is 0 Å². The first-order valence-corrected chi connectivity index (χ1v) is 16.0. The normalized spacial score (nSPS) is 10.6. The van der Waals surface area contributed by atoms with Crippen molar-refractivity contribution in [2.45, 2.75) is 27.3 Å². The van der Waals surface area contributed by atoms with Crippen LogP contribution in [0.2, 0.25) is 0 Å². The van der Waals surface area contributed by atoms with E-state index in [4.69, 9.17) is 0 Å². The van der Waals surface area contributed by atoms with Crippen molar-refractivity contribution in [2.75, 3.05) is 9.80 Å². The van der Waals surface area contributed by atoms with E-state index in [2.05, 4.69) is 191 Å². The number of fused-ring (bicyclic) bond motifs is 3. The second-order valence-corrected chi connectivity index (χ2v) is 11.3. The molecular formula is C44H35N3. The van der Waals surface area contributed by atoms with Gasteiger partial charge in [0.1, 0.15) is 0 Å². The van der Waals surface area contributed by atoms with Gasteiger partial charge in [-0.15, -0.1) is 11.8 Å². The van der Waals surface area contributed by atoms with Gasteiger partial charge in [-0.25, -0.2) is 0 Å². The first-order chi connectivity index (χ1) is 23.2. The van der Waals surface area contributed by atoms with Crippen molar-refractivity contribution in [2.24, 2.45) is 0 Å². The van der Waals surface area contributed by atoms with E-state index >= 15 is 0 Å². The lowest BCUT2D eigenvalue weighted by molar-refractivity contribution is 0.827. The van der Waals surface area contributed by atoms with Crippen molar-refractivity contribution in [1.82, 2.24) is 4.57 Å². The first kappa shape index (κ1) is 29.5. The smallest absolute Gasteiger partial charge is 0.0492 e. The maximum atomic E-state index is 3.17. The molecule has 47 heavy (non-hydrogen) atoms. The monoisotopic (exact) mass is 605 g/mol. The van der Waals surface area contributed by atoms with Gasteiger partial charge in [-0.2, -0.15) is 0 Å². The minimum atomic E-state index is 0.878. The number of hydrogen-bond donors (Lipinski definition) is 0. The first-order valence-electron chi connectivity index (χ1n) is 16.0. The fourth-order valence-electron chi connectivity index (χ4n) is 6.42. The average molecular weight is 606 g/mol. The second kappa shape index (κ2) is 13.1. The molecule has 3 nitrogen and oxygen atoms in total. The molecule has 0 bridgehead atoms. The summed E-state index contributed by atoms with van der Waals surface area (Å²) in [5.74, 6) is 12.4. The Morgan fingerprint density at radius 2 is 0.809 bits per heavy atom. The van der Waals surface area contributed by atoms with Gasteiger partial charge in [-0.05, 0) is 130 Å². The molecule has 0 spiro atoms. The van der Waals surface area contributed by atoms with Crippen molar-refractivity contribution < 1.29 is 0 Å². The minimum Gasteiger partial charge on any atom is -0.341 e. The quantitative estimate of drug-likeness (QED) is 0.167. The number of benzene rings is 6. The van der Waals surface area contributed by atoms with Crippen LogP contribution < -0.4 is 9.80 Å². The van der Waals surface area contributed by atoms with Gasteiger partial charge in [-0.3, -0.25) is 0 Å². The van der Waals surface area contributed by atoms with Crippen molar-refractivity contribution >= 4 is 55.9 Å². The Morgan fingerprint density at radius 1 is 0.447 bits per heavy atom. The molecule has 0 saturated heterocycles. The molecule has 7 rings (SSSR count). The third kappa shape index (κ3) is 5.72. The summed E-state index contributed by atoms with van der Waals surface area (Å²) >= 11 is 0. The summed E-state index contributed by atoms with van der Waals surface area (Å²) in [5, 5.41) is 2.44. The maximum Gasteiger partial charge on any atom is 0.0492 e. The van der Waals surface area contributed by atoms with E-state index in [1.165, 1.54) is 21.8 Å². The minimum absolute atomic E-state index is 0.878. The van der Waals surface area contributed by atoms with E-state index in [1.54, 1.807) is 0 Å². The van der Waals surface area contributed by atoms with Crippen molar-refractivity contribution in [1.29, 1.82) is 0 Å². The fourth-order valence-corrected chi connectivity index (χ4v) is 6.42.